The second-order valence-electron chi connectivity index (χ2n) is 7.92. The van der Waals surface area contributed by atoms with Gasteiger partial charge in [-0.15, -0.1) is 0 Å². The monoisotopic (exact) mass is 238 g/mol. The fourth-order valence-corrected chi connectivity index (χ4v) is 5.56. The molecule has 0 radical (unpaired) electrons. The minimum Gasteiger partial charge on any atom is -0.393 e. The lowest BCUT2D eigenvalue weighted by Gasteiger charge is -2.57. The Labute approximate surface area is 104 Å². The first-order chi connectivity index (χ1) is 7.80. The average Bonchev–Trinajstić information content (AvgIpc) is 2.41. The van der Waals surface area contributed by atoms with Crippen molar-refractivity contribution < 1.29 is 10.2 Å². The van der Waals surface area contributed by atoms with Gasteiger partial charge in [-0.1, -0.05) is 20.8 Å². The molecule has 2 bridgehead atoms. The van der Waals surface area contributed by atoms with Gasteiger partial charge in [0.25, 0.3) is 0 Å². The number of rotatable bonds is 0. The first kappa shape index (κ1) is 12.0. The lowest BCUT2D eigenvalue weighted by Crippen LogP contribution is -2.54. The maximum Gasteiger partial charge on any atom is 0.0604 e. The fraction of sp³-hybridized carbons (Fsp3) is 1.00. The van der Waals surface area contributed by atoms with E-state index in [4.69, 9.17) is 0 Å². The van der Waals surface area contributed by atoms with Crippen molar-refractivity contribution in [3.05, 3.63) is 0 Å². The predicted molar refractivity (Wildman–Crippen MR) is 67.5 cm³/mol. The van der Waals surface area contributed by atoms with Gasteiger partial charge < -0.3 is 10.2 Å². The maximum absolute atomic E-state index is 10.6. The standard InChI is InChI=1S/C15H26O2/c1-13(2)8-12(17)15-7-5-11(16)14(3,9-15)6-4-10(13)15/h10-12,16-17H,4-9H2,1-3H3/t10-,11+,12-,14-,15-/m1/s1. The Morgan fingerprint density at radius 2 is 1.65 bits per heavy atom. The number of hydrogen-bond acceptors (Lipinski definition) is 2. The van der Waals surface area contributed by atoms with E-state index in [-0.39, 0.29) is 28.5 Å². The van der Waals surface area contributed by atoms with Crippen LogP contribution < -0.4 is 0 Å². The van der Waals surface area contributed by atoms with E-state index >= 15 is 0 Å². The molecule has 3 rings (SSSR count). The molecule has 2 nitrogen and oxygen atoms in total. The molecule has 0 aromatic rings. The van der Waals surface area contributed by atoms with E-state index in [1.807, 2.05) is 0 Å². The fourth-order valence-electron chi connectivity index (χ4n) is 5.56. The molecule has 0 aromatic carbocycles. The second-order valence-corrected chi connectivity index (χ2v) is 7.92. The molecular weight excluding hydrogens is 212 g/mol. The summed E-state index contributed by atoms with van der Waals surface area (Å²) in [6.07, 6.45) is 5.94. The van der Waals surface area contributed by atoms with Crippen molar-refractivity contribution >= 4 is 0 Å². The molecule has 2 N–H and O–H groups in total. The van der Waals surface area contributed by atoms with Crippen LogP contribution in [0.2, 0.25) is 0 Å². The number of aliphatic hydroxyl groups excluding tert-OH is 2. The van der Waals surface area contributed by atoms with Crippen LogP contribution in [0, 0.1) is 22.2 Å². The van der Waals surface area contributed by atoms with E-state index < -0.39 is 0 Å². The van der Waals surface area contributed by atoms with E-state index in [9.17, 15) is 10.2 Å². The normalized spacial score (nSPS) is 56.6. The molecule has 3 saturated carbocycles. The van der Waals surface area contributed by atoms with Gasteiger partial charge in [0.2, 0.25) is 0 Å². The molecule has 3 aliphatic carbocycles. The number of aliphatic hydroxyl groups is 2. The van der Waals surface area contributed by atoms with E-state index in [0.29, 0.717) is 5.92 Å². The molecule has 3 fully saturated rings. The molecule has 0 saturated heterocycles. The topological polar surface area (TPSA) is 40.5 Å². The molecule has 0 heterocycles. The van der Waals surface area contributed by atoms with Crippen molar-refractivity contribution in [3.8, 4) is 0 Å². The Hall–Kier alpha value is -0.0800. The van der Waals surface area contributed by atoms with Gasteiger partial charge in [-0.25, -0.2) is 0 Å². The summed E-state index contributed by atoms with van der Waals surface area (Å²) in [6.45, 7) is 6.87. The quantitative estimate of drug-likeness (QED) is 0.681. The minimum absolute atomic E-state index is 0.0656. The van der Waals surface area contributed by atoms with Crippen LogP contribution in [0.15, 0.2) is 0 Å². The van der Waals surface area contributed by atoms with Crippen molar-refractivity contribution in [2.45, 2.75) is 71.5 Å². The van der Waals surface area contributed by atoms with E-state index in [2.05, 4.69) is 20.8 Å². The molecule has 0 aromatic heterocycles. The smallest absolute Gasteiger partial charge is 0.0604 e. The van der Waals surface area contributed by atoms with Gasteiger partial charge in [0.05, 0.1) is 12.2 Å². The Kier molecular flexibility index (Phi) is 2.30. The largest absolute Gasteiger partial charge is 0.393 e. The summed E-state index contributed by atoms with van der Waals surface area (Å²) in [6, 6.07) is 0. The third kappa shape index (κ3) is 1.40. The van der Waals surface area contributed by atoms with Gasteiger partial charge in [-0.3, -0.25) is 0 Å². The van der Waals surface area contributed by atoms with Crippen LogP contribution in [0.3, 0.4) is 0 Å². The summed E-state index contributed by atoms with van der Waals surface area (Å²) in [7, 11) is 0. The third-order valence-corrected chi connectivity index (χ3v) is 6.45. The summed E-state index contributed by atoms with van der Waals surface area (Å²) < 4.78 is 0. The van der Waals surface area contributed by atoms with Crippen LogP contribution >= 0.6 is 0 Å². The molecule has 3 aliphatic rings. The molecule has 98 valence electrons. The molecular formula is C15H26O2. The summed E-state index contributed by atoms with van der Waals surface area (Å²) in [5, 5.41) is 20.8. The van der Waals surface area contributed by atoms with Crippen molar-refractivity contribution in [3.63, 3.8) is 0 Å². The predicted octanol–water partition coefficient (Wildman–Crippen LogP) is 2.72. The molecule has 0 amide bonds. The molecule has 0 unspecified atom stereocenters. The Balaban J connectivity index is 2.00. The number of hydrogen-bond donors (Lipinski definition) is 2. The molecule has 1 spiro atoms. The lowest BCUT2D eigenvalue weighted by atomic mass is 9.49. The number of fused-ring (bicyclic) bond motifs is 1. The minimum atomic E-state index is -0.148. The summed E-state index contributed by atoms with van der Waals surface area (Å²) in [4.78, 5) is 0. The molecule has 0 aliphatic heterocycles. The van der Waals surface area contributed by atoms with Crippen LogP contribution in [0.1, 0.15) is 59.3 Å². The summed E-state index contributed by atoms with van der Waals surface area (Å²) >= 11 is 0. The average molecular weight is 238 g/mol. The van der Waals surface area contributed by atoms with Crippen LogP contribution in [-0.4, -0.2) is 22.4 Å². The highest BCUT2D eigenvalue weighted by molar-refractivity contribution is 5.14. The van der Waals surface area contributed by atoms with E-state index in [1.165, 1.54) is 6.42 Å². The van der Waals surface area contributed by atoms with E-state index in [0.717, 1.165) is 32.1 Å². The SMILES string of the molecule is CC1(C)C[C@@H](O)[C@@]23CC[C@H](O)[C@](C)(CC[C@H]12)C3. The first-order valence-electron chi connectivity index (χ1n) is 7.16. The second kappa shape index (κ2) is 3.27. The van der Waals surface area contributed by atoms with Gasteiger partial charge in [-0.05, 0) is 55.3 Å². The van der Waals surface area contributed by atoms with Crippen molar-refractivity contribution in [2.75, 3.05) is 0 Å². The van der Waals surface area contributed by atoms with Crippen LogP contribution in [0.5, 0.6) is 0 Å². The summed E-state index contributed by atoms with van der Waals surface area (Å²) in [5.74, 6) is 0.658. The highest BCUT2D eigenvalue weighted by Gasteiger charge is 2.64. The van der Waals surface area contributed by atoms with Crippen LogP contribution in [0.4, 0.5) is 0 Å². The first-order valence-corrected chi connectivity index (χ1v) is 7.16. The van der Waals surface area contributed by atoms with Crippen molar-refractivity contribution in [1.29, 1.82) is 0 Å². The van der Waals surface area contributed by atoms with Crippen LogP contribution in [-0.2, 0) is 0 Å². The Morgan fingerprint density at radius 1 is 0.941 bits per heavy atom. The van der Waals surface area contributed by atoms with E-state index in [1.54, 1.807) is 0 Å². The van der Waals surface area contributed by atoms with Gasteiger partial charge >= 0.3 is 0 Å². The summed E-state index contributed by atoms with van der Waals surface area (Å²) in [5.41, 5.74) is 0.467. The highest BCUT2D eigenvalue weighted by atomic mass is 16.3. The lowest BCUT2D eigenvalue weighted by molar-refractivity contribution is -0.144. The van der Waals surface area contributed by atoms with Crippen molar-refractivity contribution in [1.82, 2.24) is 0 Å². The van der Waals surface area contributed by atoms with Gasteiger partial charge in [-0.2, -0.15) is 0 Å². The van der Waals surface area contributed by atoms with Crippen molar-refractivity contribution in [2.24, 2.45) is 22.2 Å². The molecule has 2 heteroatoms. The van der Waals surface area contributed by atoms with Gasteiger partial charge in [0.15, 0.2) is 0 Å². The zero-order chi connectivity index (χ0) is 12.5. The third-order valence-electron chi connectivity index (χ3n) is 6.45. The Morgan fingerprint density at radius 3 is 2.35 bits per heavy atom. The maximum atomic E-state index is 10.6. The molecule has 17 heavy (non-hydrogen) atoms. The Bertz CT molecular complexity index is 338. The van der Waals surface area contributed by atoms with Gasteiger partial charge in [0, 0.05) is 5.41 Å². The zero-order valence-electron chi connectivity index (χ0n) is 11.4. The molecule has 5 atom stereocenters. The van der Waals surface area contributed by atoms with Crippen LogP contribution in [0.25, 0.3) is 0 Å². The van der Waals surface area contributed by atoms with Gasteiger partial charge in [0.1, 0.15) is 0 Å². The zero-order valence-corrected chi connectivity index (χ0v) is 11.4. The highest BCUT2D eigenvalue weighted by Crippen LogP contribution is 2.68.